The molecule has 0 unspecified atom stereocenters. The van der Waals surface area contributed by atoms with E-state index in [0.29, 0.717) is 5.66 Å². The van der Waals surface area contributed by atoms with Crippen LogP contribution in [0, 0.1) is 58.5 Å². The summed E-state index contributed by atoms with van der Waals surface area (Å²) in [6.07, 6.45) is 21.8. The second-order valence-corrected chi connectivity index (χ2v) is 17.9. The Labute approximate surface area is 254 Å². The van der Waals surface area contributed by atoms with E-state index in [0.717, 1.165) is 22.8 Å². The Morgan fingerprint density at radius 2 is 1.05 bits per heavy atom. The van der Waals surface area contributed by atoms with Crippen molar-refractivity contribution in [3.63, 3.8) is 0 Å². The highest BCUT2D eigenvalue weighted by Gasteiger charge is 2.45. The van der Waals surface area contributed by atoms with Crippen molar-refractivity contribution in [3.8, 4) is 11.5 Å². The van der Waals surface area contributed by atoms with Gasteiger partial charge < -0.3 is 9.47 Å². The lowest BCUT2D eigenvalue weighted by molar-refractivity contribution is 0.408. The van der Waals surface area contributed by atoms with Gasteiger partial charge in [-0.25, -0.2) is 0 Å². The summed E-state index contributed by atoms with van der Waals surface area (Å²) in [5.74, 6) is 3.66. The second kappa shape index (κ2) is 14.1. The summed E-state index contributed by atoms with van der Waals surface area (Å²) >= 11 is 0. The van der Waals surface area contributed by atoms with Gasteiger partial charge >= 0.3 is 0 Å². The molecule has 0 amide bonds. The summed E-state index contributed by atoms with van der Waals surface area (Å²) in [6.45, 7) is 11.4. The zero-order valence-corrected chi connectivity index (χ0v) is 28.3. The average molecular weight is 590 g/mol. The average Bonchev–Trinajstić information content (AvgIpc) is 3.44. The van der Waals surface area contributed by atoms with Gasteiger partial charge in [-0.05, 0) is 161 Å². The van der Waals surface area contributed by atoms with Gasteiger partial charge in [-0.3, -0.25) is 0 Å². The third-order valence-corrected chi connectivity index (χ3v) is 16.1. The Morgan fingerprint density at radius 1 is 0.634 bits per heavy atom. The summed E-state index contributed by atoms with van der Waals surface area (Å²) in [5, 5.41) is 2.86. The molecular weight excluding hydrogens is 538 g/mol. The molecule has 4 heteroatoms. The molecule has 2 aromatic carbocycles. The molecule has 5 rings (SSSR count). The predicted molar refractivity (Wildman–Crippen MR) is 181 cm³/mol. The molecule has 41 heavy (non-hydrogen) atoms. The first-order chi connectivity index (χ1) is 19.8. The summed E-state index contributed by atoms with van der Waals surface area (Å²) in [7, 11) is 2.81. The minimum atomic E-state index is -0.722. The van der Waals surface area contributed by atoms with Crippen LogP contribution in [0.25, 0.3) is 0 Å². The third-order valence-electron chi connectivity index (χ3n) is 9.77. The van der Waals surface area contributed by atoms with Crippen molar-refractivity contribution >= 4 is 26.5 Å². The van der Waals surface area contributed by atoms with Gasteiger partial charge in [0.25, 0.3) is 0 Å². The van der Waals surface area contributed by atoms with E-state index < -0.39 is 7.92 Å². The van der Waals surface area contributed by atoms with Gasteiger partial charge in [0.05, 0.1) is 14.2 Å². The van der Waals surface area contributed by atoms with Crippen LogP contribution in [0.1, 0.15) is 93.4 Å². The fourth-order valence-electron chi connectivity index (χ4n) is 8.02. The van der Waals surface area contributed by atoms with Crippen LogP contribution in [0.15, 0.2) is 24.3 Å². The Morgan fingerprint density at radius 3 is 1.44 bits per heavy atom. The quantitative estimate of drug-likeness (QED) is 0.271. The van der Waals surface area contributed by atoms with Crippen LogP contribution in [0.3, 0.4) is 0 Å². The minimum Gasteiger partial charge on any atom is -0.496 e. The molecule has 0 aromatic heterocycles. The first kappa shape index (κ1) is 31.3. The zero-order chi connectivity index (χ0) is 29.1. The molecule has 3 aliphatic carbocycles. The summed E-state index contributed by atoms with van der Waals surface area (Å²) in [6, 6.07) is 9.61. The Hall–Kier alpha value is -1.10. The Bertz CT molecular complexity index is 1040. The van der Waals surface area contributed by atoms with Crippen LogP contribution in [0.4, 0.5) is 0 Å². The molecule has 3 aliphatic rings. The molecule has 0 heterocycles. The van der Waals surface area contributed by atoms with Crippen molar-refractivity contribution in [3.05, 3.63) is 77.4 Å². The zero-order valence-electron chi connectivity index (χ0n) is 26.6. The lowest BCUT2D eigenvalue weighted by Crippen LogP contribution is -2.31. The highest BCUT2D eigenvalue weighted by atomic mass is 31.1. The van der Waals surface area contributed by atoms with E-state index in [4.69, 9.17) is 9.47 Å². The van der Waals surface area contributed by atoms with Crippen LogP contribution in [0.2, 0.25) is 0 Å². The van der Waals surface area contributed by atoms with Crippen molar-refractivity contribution in [2.45, 2.75) is 116 Å². The molecule has 0 aliphatic heterocycles. The van der Waals surface area contributed by atoms with Crippen LogP contribution >= 0.6 is 15.8 Å². The highest BCUT2D eigenvalue weighted by Crippen LogP contribution is 2.67. The number of hydrogen-bond acceptors (Lipinski definition) is 2. The monoisotopic (exact) mass is 589 g/mol. The van der Waals surface area contributed by atoms with Crippen molar-refractivity contribution in [2.24, 2.45) is 0 Å². The molecule has 0 spiro atoms. The lowest BCUT2D eigenvalue weighted by Gasteiger charge is -2.45. The van der Waals surface area contributed by atoms with E-state index in [-0.39, 0.29) is 7.92 Å². The maximum absolute atomic E-state index is 5.80. The molecule has 5 radical (unpaired) electrons. The second-order valence-electron chi connectivity index (χ2n) is 12.6. The van der Waals surface area contributed by atoms with E-state index >= 15 is 0 Å². The van der Waals surface area contributed by atoms with Crippen LogP contribution in [0.5, 0.6) is 11.5 Å². The molecule has 221 valence electrons. The van der Waals surface area contributed by atoms with E-state index in [1.807, 2.05) is 0 Å². The molecule has 2 aromatic rings. The SMILES string of the molecule is COc1c(C)cc(P([C]2[CH][CH][CH][C]2[C@@H](C)P(C2CCCCC2)C2CCCCC2)c2cc(C)c(OC)c(C)c2)cc1C. The molecule has 1 atom stereocenters. The van der Waals surface area contributed by atoms with Crippen molar-refractivity contribution < 1.29 is 9.47 Å². The summed E-state index contributed by atoms with van der Waals surface area (Å²) < 4.78 is 11.6. The number of hydrogen-bond donors (Lipinski definition) is 0. The molecule has 0 bridgehead atoms. The molecule has 3 saturated carbocycles. The number of aryl methyl sites for hydroxylation is 4. The fraction of sp³-hybridized carbons (Fsp3) is 0.541. The summed E-state index contributed by atoms with van der Waals surface area (Å²) in [4.78, 5) is 0. The third kappa shape index (κ3) is 6.70. The number of benzene rings is 2. The number of rotatable bonds is 9. The lowest BCUT2D eigenvalue weighted by atomic mass is 9.99. The first-order valence-corrected chi connectivity index (χ1v) is 18.9. The highest BCUT2D eigenvalue weighted by molar-refractivity contribution is 7.76. The molecular formula is C37H51O2P2. The van der Waals surface area contributed by atoms with Crippen molar-refractivity contribution in [1.82, 2.24) is 0 Å². The van der Waals surface area contributed by atoms with Gasteiger partial charge in [-0.2, -0.15) is 0 Å². The van der Waals surface area contributed by atoms with Crippen LogP contribution in [-0.2, 0) is 0 Å². The predicted octanol–water partition coefficient (Wildman–Crippen LogP) is 9.64. The molecule has 3 fully saturated rings. The van der Waals surface area contributed by atoms with Gasteiger partial charge in [-0.1, -0.05) is 53.4 Å². The fourth-order valence-corrected chi connectivity index (χ4v) is 15.4. The largest absolute Gasteiger partial charge is 0.496 e. The van der Waals surface area contributed by atoms with Gasteiger partial charge in [-0.15, -0.1) is 0 Å². The van der Waals surface area contributed by atoms with Crippen LogP contribution in [-0.4, -0.2) is 31.2 Å². The van der Waals surface area contributed by atoms with Gasteiger partial charge in [0.2, 0.25) is 0 Å². The van der Waals surface area contributed by atoms with Gasteiger partial charge in [0.15, 0.2) is 0 Å². The van der Waals surface area contributed by atoms with Gasteiger partial charge in [0, 0.05) is 5.66 Å². The molecule has 0 N–H and O–H groups in total. The van der Waals surface area contributed by atoms with Crippen molar-refractivity contribution in [2.75, 3.05) is 14.2 Å². The van der Waals surface area contributed by atoms with E-state index in [2.05, 4.69) is 78.1 Å². The van der Waals surface area contributed by atoms with Crippen LogP contribution < -0.4 is 20.1 Å². The normalized spacial score (nSPS) is 20.7. The van der Waals surface area contributed by atoms with E-state index in [1.54, 1.807) is 25.8 Å². The number of ether oxygens (including phenoxy) is 2. The van der Waals surface area contributed by atoms with Gasteiger partial charge in [0.1, 0.15) is 11.5 Å². The molecule has 2 nitrogen and oxygen atoms in total. The maximum Gasteiger partial charge on any atom is 0.124 e. The van der Waals surface area contributed by atoms with E-state index in [9.17, 15) is 0 Å². The standard InChI is InChI=1S/C37H51O2P2/c1-25-21-32(22-26(2)36(25)38-6)41(33-23-27(3)37(39-7)28(4)24-33)35-20-14-19-34(35)29(5)40(30-15-10-8-11-16-30)31-17-12-9-13-18-31/h14,19-24,29-31H,8-13,15-18H2,1-7H3/t29-/m1/s1. The summed E-state index contributed by atoms with van der Waals surface area (Å²) in [5.41, 5.74) is 9.01. The first-order valence-electron chi connectivity index (χ1n) is 16.0. The Kier molecular flexibility index (Phi) is 10.8. The van der Waals surface area contributed by atoms with Crippen molar-refractivity contribution in [1.29, 1.82) is 0 Å². The van der Waals surface area contributed by atoms with E-state index in [1.165, 1.54) is 97.1 Å². The maximum atomic E-state index is 5.80. The minimum absolute atomic E-state index is 0.0577. The smallest absolute Gasteiger partial charge is 0.124 e. The Balaban J connectivity index is 1.57. The molecule has 0 saturated heterocycles. The number of methoxy groups -OCH3 is 2. The topological polar surface area (TPSA) is 18.5 Å².